The molecular formula is C14H26O3. The molecule has 1 aliphatic carbocycles. The van der Waals surface area contributed by atoms with E-state index in [4.69, 9.17) is 9.47 Å². The third-order valence-corrected chi connectivity index (χ3v) is 3.61. The van der Waals surface area contributed by atoms with E-state index in [1.54, 1.807) is 0 Å². The highest BCUT2D eigenvalue weighted by molar-refractivity contribution is 5.72. The number of ether oxygens (including phenoxy) is 2. The van der Waals surface area contributed by atoms with Crippen LogP contribution in [0.5, 0.6) is 0 Å². The Hall–Kier alpha value is -0.570. The standard InChI is InChI=1S/C14H26O3/c1-4-5-11(2)10-17-13-8-6-12(7-9-13)14(15)16-3/h11-13H,4-10H2,1-3H3. The summed E-state index contributed by atoms with van der Waals surface area (Å²) in [6, 6.07) is 0. The van der Waals surface area contributed by atoms with Gasteiger partial charge in [0.15, 0.2) is 0 Å². The lowest BCUT2D eigenvalue weighted by molar-refractivity contribution is -0.147. The van der Waals surface area contributed by atoms with Crippen molar-refractivity contribution in [2.75, 3.05) is 13.7 Å². The van der Waals surface area contributed by atoms with Gasteiger partial charge in [0, 0.05) is 6.61 Å². The minimum atomic E-state index is -0.0530. The molecule has 1 fully saturated rings. The lowest BCUT2D eigenvalue weighted by atomic mass is 9.87. The Morgan fingerprint density at radius 1 is 1.29 bits per heavy atom. The number of hydrogen-bond acceptors (Lipinski definition) is 3. The highest BCUT2D eigenvalue weighted by Gasteiger charge is 2.27. The third kappa shape index (κ3) is 5.07. The average molecular weight is 242 g/mol. The Bertz CT molecular complexity index is 220. The van der Waals surface area contributed by atoms with Crippen molar-refractivity contribution in [2.24, 2.45) is 11.8 Å². The molecule has 1 saturated carbocycles. The summed E-state index contributed by atoms with van der Waals surface area (Å²) in [5, 5.41) is 0. The van der Waals surface area contributed by atoms with Crippen molar-refractivity contribution in [3.8, 4) is 0 Å². The molecule has 1 atom stereocenters. The summed E-state index contributed by atoms with van der Waals surface area (Å²) in [4.78, 5) is 11.4. The normalized spacial score (nSPS) is 26.5. The first-order valence-corrected chi connectivity index (χ1v) is 6.86. The Morgan fingerprint density at radius 3 is 2.47 bits per heavy atom. The average Bonchev–Trinajstić information content (AvgIpc) is 2.36. The van der Waals surface area contributed by atoms with E-state index in [0.29, 0.717) is 12.0 Å². The van der Waals surface area contributed by atoms with Crippen LogP contribution in [0.4, 0.5) is 0 Å². The minimum Gasteiger partial charge on any atom is -0.469 e. The fourth-order valence-electron chi connectivity index (χ4n) is 2.51. The Labute approximate surface area is 105 Å². The van der Waals surface area contributed by atoms with E-state index < -0.39 is 0 Å². The molecule has 0 N–H and O–H groups in total. The molecule has 0 aromatic carbocycles. The van der Waals surface area contributed by atoms with Crippen molar-refractivity contribution in [3.63, 3.8) is 0 Å². The van der Waals surface area contributed by atoms with Crippen LogP contribution in [0.1, 0.15) is 52.4 Å². The SMILES string of the molecule is CCCC(C)COC1CCC(C(=O)OC)CC1. The van der Waals surface area contributed by atoms with Crippen molar-refractivity contribution in [3.05, 3.63) is 0 Å². The number of methoxy groups -OCH3 is 1. The van der Waals surface area contributed by atoms with Gasteiger partial charge in [0.1, 0.15) is 0 Å². The number of carbonyl (C=O) groups excluding carboxylic acids is 1. The molecule has 0 aliphatic heterocycles. The summed E-state index contributed by atoms with van der Waals surface area (Å²) in [6.45, 7) is 5.31. The van der Waals surface area contributed by atoms with Crippen molar-refractivity contribution >= 4 is 5.97 Å². The number of carbonyl (C=O) groups is 1. The molecule has 100 valence electrons. The minimum absolute atomic E-state index is 0.0530. The molecule has 0 heterocycles. The summed E-state index contributed by atoms with van der Waals surface area (Å²) >= 11 is 0. The van der Waals surface area contributed by atoms with Crippen LogP contribution in [-0.4, -0.2) is 25.8 Å². The second-order valence-corrected chi connectivity index (χ2v) is 5.22. The number of esters is 1. The van der Waals surface area contributed by atoms with Crippen LogP contribution in [0.3, 0.4) is 0 Å². The third-order valence-electron chi connectivity index (χ3n) is 3.61. The Morgan fingerprint density at radius 2 is 1.94 bits per heavy atom. The lowest BCUT2D eigenvalue weighted by Crippen LogP contribution is -2.28. The zero-order valence-electron chi connectivity index (χ0n) is 11.4. The lowest BCUT2D eigenvalue weighted by Gasteiger charge is -2.27. The van der Waals surface area contributed by atoms with Crippen LogP contribution in [0.2, 0.25) is 0 Å². The molecule has 0 aromatic rings. The van der Waals surface area contributed by atoms with Crippen LogP contribution in [0.15, 0.2) is 0 Å². The van der Waals surface area contributed by atoms with Gasteiger partial charge in [0.05, 0.1) is 19.1 Å². The zero-order valence-corrected chi connectivity index (χ0v) is 11.4. The van der Waals surface area contributed by atoms with Crippen molar-refractivity contribution in [1.29, 1.82) is 0 Å². The summed E-state index contributed by atoms with van der Waals surface area (Å²) in [5.41, 5.74) is 0. The van der Waals surface area contributed by atoms with Gasteiger partial charge >= 0.3 is 5.97 Å². The first-order chi connectivity index (χ1) is 8.17. The van der Waals surface area contributed by atoms with Crippen LogP contribution in [0, 0.1) is 11.8 Å². The molecule has 3 heteroatoms. The predicted molar refractivity (Wildman–Crippen MR) is 67.8 cm³/mol. The topological polar surface area (TPSA) is 35.5 Å². The van der Waals surface area contributed by atoms with E-state index >= 15 is 0 Å². The maximum absolute atomic E-state index is 11.4. The molecule has 0 radical (unpaired) electrons. The first-order valence-electron chi connectivity index (χ1n) is 6.86. The van der Waals surface area contributed by atoms with Gasteiger partial charge in [-0.2, -0.15) is 0 Å². The Kier molecular flexibility index (Phi) is 6.56. The molecule has 0 bridgehead atoms. The second-order valence-electron chi connectivity index (χ2n) is 5.22. The van der Waals surface area contributed by atoms with Gasteiger partial charge in [0.2, 0.25) is 0 Å². The van der Waals surface area contributed by atoms with Gasteiger partial charge in [-0.15, -0.1) is 0 Å². The maximum atomic E-state index is 11.4. The van der Waals surface area contributed by atoms with Gasteiger partial charge in [-0.1, -0.05) is 20.3 Å². The van der Waals surface area contributed by atoms with Crippen molar-refractivity contribution < 1.29 is 14.3 Å². The fraction of sp³-hybridized carbons (Fsp3) is 0.929. The van der Waals surface area contributed by atoms with Gasteiger partial charge in [-0.05, 0) is 38.0 Å². The van der Waals surface area contributed by atoms with Crippen molar-refractivity contribution in [1.82, 2.24) is 0 Å². The predicted octanol–water partition coefficient (Wildman–Crippen LogP) is 3.17. The van der Waals surface area contributed by atoms with Gasteiger partial charge in [-0.3, -0.25) is 4.79 Å². The first kappa shape index (κ1) is 14.5. The van der Waals surface area contributed by atoms with E-state index in [0.717, 1.165) is 32.3 Å². The van der Waals surface area contributed by atoms with Gasteiger partial charge in [-0.25, -0.2) is 0 Å². The van der Waals surface area contributed by atoms with E-state index in [1.807, 2.05) is 0 Å². The second kappa shape index (κ2) is 7.70. The summed E-state index contributed by atoms with van der Waals surface area (Å²) in [5.74, 6) is 0.703. The van der Waals surface area contributed by atoms with E-state index in [9.17, 15) is 4.79 Å². The number of rotatable bonds is 6. The largest absolute Gasteiger partial charge is 0.469 e. The van der Waals surface area contributed by atoms with E-state index in [2.05, 4.69) is 13.8 Å². The highest BCUT2D eigenvalue weighted by atomic mass is 16.5. The van der Waals surface area contributed by atoms with Crippen LogP contribution in [0.25, 0.3) is 0 Å². The quantitative estimate of drug-likeness (QED) is 0.671. The zero-order chi connectivity index (χ0) is 12.7. The van der Waals surface area contributed by atoms with Crippen LogP contribution < -0.4 is 0 Å². The molecule has 1 unspecified atom stereocenters. The molecule has 0 amide bonds. The molecule has 0 saturated heterocycles. The van der Waals surface area contributed by atoms with Gasteiger partial charge < -0.3 is 9.47 Å². The fourth-order valence-corrected chi connectivity index (χ4v) is 2.51. The molecule has 0 spiro atoms. The van der Waals surface area contributed by atoms with E-state index in [-0.39, 0.29) is 11.9 Å². The van der Waals surface area contributed by atoms with Gasteiger partial charge in [0.25, 0.3) is 0 Å². The van der Waals surface area contributed by atoms with Crippen LogP contribution >= 0.6 is 0 Å². The van der Waals surface area contributed by atoms with Crippen LogP contribution in [-0.2, 0) is 14.3 Å². The molecule has 1 aliphatic rings. The van der Waals surface area contributed by atoms with E-state index in [1.165, 1.54) is 20.0 Å². The summed E-state index contributed by atoms with van der Waals surface area (Å²) in [6.07, 6.45) is 6.64. The molecule has 3 nitrogen and oxygen atoms in total. The van der Waals surface area contributed by atoms with Crippen molar-refractivity contribution in [2.45, 2.75) is 58.5 Å². The molecule has 1 rings (SSSR count). The smallest absolute Gasteiger partial charge is 0.308 e. The molecule has 17 heavy (non-hydrogen) atoms. The molecule has 0 aromatic heterocycles. The monoisotopic (exact) mass is 242 g/mol. The maximum Gasteiger partial charge on any atom is 0.308 e. The summed E-state index contributed by atoms with van der Waals surface area (Å²) < 4.78 is 10.7. The number of hydrogen-bond donors (Lipinski definition) is 0. The Balaban J connectivity index is 2.17. The molecular weight excluding hydrogens is 216 g/mol. The highest BCUT2D eigenvalue weighted by Crippen LogP contribution is 2.27. The summed E-state index contributed by atoms with van der Waals surface area (Å²) in [7, 11) is 1.47.